The number of ether oxygens (including phenoxy) is 1. The molecular weight excluding hydrogens is 316 g/mol. The molecular formula is C16H14N2O4S. The normalized spacial score (nSPS) is 11.0. The number of para-hydroxylation sites is 1. The molecule has 0 atom stereocenters. The lowest BCUT2D eigenvalue weighted by Gasteiger charge is -2.16. The van der Waals surface area contributed by atoms with Crippen LogP contribution < -0.4 is 4.74 Å². The highest BCUT2D eigenvalue weighted by molar-refractivity contribution is 7.89. The summed E-state index contributed by atoms with van der Waals surface area (Å²) >= 11 is 0. The number of esters is 1. The topological polar surface area (TPSA) is 87.5 Å². The van der Waals surface area contributed by atoms with Gasteiger partial charge in [0, 0.05) is 7.05 Å². The van der Waals surface area contributed by atoms with Crippen molar-refractivity contribution in [3.05, 3.63) is 60.2 Å². The molecule has 0 aliphatic carbocycles. The van der Waals surface area contributed by atoms with Crippen LogP contribution in [-0.4, -0.2) is 32.3 Å². The van der Waals surface area contributed by atoms with Crippen molar-refractivity contribution in [2.24, 2.45) is 0 Å². The number of carbonyl (C=O) groups excluding carboxylic acids is 1. The smallest absolute Gasteiger partial charge is 0.326 e. The predicted octanol–water partition coefficient (Wildman–Crippen LogP) is 1.78. The molecule has 0 amide bonds. The molecule has 118 valence electrons. The number of likely N-dealkylation sites (N-methyl/N-ethyl adjacent to an activating group) is 1. The number of sulfonamides is 1. The maximum Gasteiger partial charge on any atom is 0.326 e. The highest BCUT2D eigenvalue weighted by Crippen LogP contribution is 2.15. The minimum absolute atomic E-state index is 0.00603. The summed E-state index contributed by atoms with van der Waals surface area (Å²) in [6.07, 6.45) is 0. The third-order valence-corrected chi connectivity index (χ3v) is 4.84. The van der Waals surface area contributed by atoms with Crippen LogP contribution in [0.4, 0.5) is 0 Å². The van der Waals surface area contributed by atoms with Crippen LogP contribution in [0.5, 0.6) is 5.75 Å². The van der Waals surface area contributed by atoms with E-state index in [9.17, 15) is 13.2 Å². The summed E-state index contributed by atoms with van der Waals surface area (Å²) < 4.78 is 30.7. The molecule has 0 spiro atoms. The average molecular weight is 330 g/mol. The molecule has 7 heteroatoms. The van der Waals surface area contributed by atoms with Gasteiger partial charge in [0.15, 0.2) is 0 Å². The fourth-order valence-electron chi connectivity index (χ4n) is 1.80. The molecule has 0 bridgehead atoms. The van der Waals surface area contributed by atoms with Gasteiger partial charge in [-0.3, -0.25) is 4.79 Å². The quantitative estimate of drug-likeness (QED) is 0.616. The van der Waals surface area contributed by atoms with E-state index in [1.807, 2.05) is 6.07 Å². The first-order valence-electron chi connectivity index (χ1n) is 6.66. The summed E-state index contributed by atoms with van der Waals surface area (Å²) in [4.78, 5) is 11.8. The van der Waals surface area contributed by atoms with Gasteiger partial charge in [-0.15, -0.1) is 0 Å². The van der Waals surface area contributed by atoms with Crippen molar-refractivity contribution in [1.82, 2.24) is 4.31 Å². The van der Waals surface area contributed by atoms with Crippen molar-refractivity contribution in [2.75, 3.05) is 13.6 Å². The zero-order valence-electron chi connectivity index (χ0n) is 12.3. The Hall–Kier alpha value is -2.69. The fourth-order valence-corrected chi connectivity index (χ4v) is 2.92. The zero-order valence-corrected chi connectivity index (χ0v) is 13.2. The van der Waals surface area contributed by atoms with E-state index >= 15 is 0 Å². The highest BCUT2D eigenvalue weighted by atomic mass is 32.2. The molecule has 0 N–H and O–H groups in total. The maximum absolute atomic E-state index is 12.4. The van der Waals surface area contributed by atoms with E-state index in [2.05, 4.69) is 0 Å². The van der Waals surface area contributed by atoms with E-state index in [0.29, 0.717) is 11.3 Å². The lowest BCUT2D eigenvalue weighted by molar-refractivity contribution is -0.134. The molecule has 0 aliphatic rings. The van der Waals surface area contributed by atoms with Gasteiger partial charge in [0.25, 0.3) is 0 Å². The largest absolute Gasteiger partial charge is 0.426 e. The molecule has 23 heavy (non-hydrogen) atoms. The molecule has 0 saturated heterocycles. The first-order chi connectivity index (χ1) is 10.9. The van der Waals surface area contributed by atoms with Gasteiger partial charge in [-0.2, -0.15) is 9.57 Å². The SMILES string of the molecule is CN(CC(=O)Oc1ccccc1)S(=O)(=O)c1ccc(C#N)cc1. The van der Waals surface area contributed by atoms with Gasteiger partial charge in [0.2, 0.25) is 10.0 Å². The second kappa shape index (κ2) is 7.05. The summed E-state index contributed by atoms with van der Waals surface area (Å²) in [7, 11) is -2.54. The van der Waals surface area contributed by atoms with E-state index in [4.69, 9.17) is 10.00 Å². The second-order valence-corrected chi connectivity index (χ2v) is 6.73. The van der Waals surface area contributed by atoms with Crippen LogP contribution in [-0.2, 0) is 14.8 Å². The van der Waals surface area contributed by atoms with Crippen LogP contribution in [0.2, 0.25) is 0 Å². The number of hydrogen-bond acceptors (Lipinski definition) is 5. The van der Waals surface area contributed by atoms with Crippen LogP contribution in [0.15, 0.2) is 59.5 Å². The predicted molar refractivity (Wildman–Crippen MR) is 83.0 cm³/mol. The number of rotatable bonds is 5. The van der Waals surface area contributed by atoms with Gasteiger partial charge in [0.1, 0.15) is 12.3 Å². The van der Waals surface area contributed by atoms with Crippen molar-refractivity contribution in [2.45, 2.75) is 4.90 Å². The van der Waals surface area contributed by atoms with Crippen LogP contribution in [0.3, 0.4) is 0 Å². The van der Waals surface area contributed by atoms with E-state index < -0.39 is 22.5 Å². The molecule has 0 fully saturated rings. The lowest BCUT2D eigenvalue weighted by Crippen LogP contribution is -2.34. The van der Waals surface area contributed by atoms with Gasteiger partial charge in [-0.25, -0.2) is 8.42 Å². The van der Waals surface area contributed by atoms with Crippen molar-refractivity contribution in [3.8, 4) is 11.8 Å². The maximum atomic E-state index is 12.4. The van der Waals surface area contributed by atoms with Gasteiger partial charge in [0.05, 0.1) is 16.5 Å². The Bertz CT molecular complexity index is 825. The number of benzene rings is 2. The van der Waals surface area contributed by atoms with Gasteiger partial charge in [-0.1, -0.05) is 18.2 Å². The highest BCUT2D eigenvalue weighted by Gasteiger charge is 2.23. The molecule has 2 aromatic rings. The molecule has 0 heterocycles. The van der Waals surface area contributed by atoms with Crippen LogP contribution in [0.1, 0.15) is 5.56 Å². The monoisotopic (exact) mass is 330 g/mol. The Morgan fingerprint density at radius 3 is 2.30 bits per heavy atom. The van der Waals surface area contributed by atoms with Crippen molar-refractivity contribution in [1.29, 1.82) is 5.26 Å². The Kier molecular flexibility index (Phi) is 5.11. The van der Waals surface area contributed by atoms with Crippen molar-refractivity contribution in [3.63, 3.8) is 0 Å². The molecule has 0 saturated carbocycles. The van der Waals surface area contributed by atoms with Crippen molar-refractivity contribution >= 4 is 16.0 Å². The second-order valence-electron chi connectivity index (χ2n) is 4.68. The Balaban J connectivity index is 2.07. The van der Waals surface area contributed by atoms with Crippen LogP contribution in [0.25, 0.3) is 0 Å². The lowest BCUT2D eigenvalue weighted by atomic mass is 10.2. The zero-order chi connectivity index (χ0) is 16.9. The summed E-state index contributed by atoms with van der Waals surface area (Å²) in [6, 6.07) is 15.8. The molecule has 0 radical (unpaired) electrons. The summed E-state index contributed by atoms with van der Waals surface area (Å²) in [5.41, 5.74) is 0.357. The van der Waals surface area contributed by atoms with Gasteiger partial charge in [-0.05, 0) is 36.4 Å². The first kappa shape index (κ1) is 16.7. The van der Waals surface area contributed by atoms with Crippen LogP contribution in [0, 0.1) is 11.3 Å². The minimum Gasteiger partial charge on any atom is -0.426 e. The van der Waals surface area contributed by atoms with Crippen molar-refractivity contribution < 1.29 is 17.9 Å². The Labute approximate surface area is 134 Å². The molecule has 2 rings (SSSR count). The number of hydrogen-bond donors (Lipinski definition) is 0. The molecule has 0 unspecified atom stereocenters. The standard InChI is InChI=1S/C16H14N2O4S/c1-18(12-16(19)22-14-5-3-2-4-6-14)23(20,21)15-9-7-13(11-17)8-10-15/h2-10H,12H2,1H3. The van der Waals surface area contributed by atoms with Gasteiger partial charge < -0.3 is 4.74 Å². The van der Waals surface area contributed by atoms with E-state index in [1.54, 1.807) is 30.3 Å². The Morgan fingerprint density at radius 2 is 1.74 bits per heavy atom. The van der Waals surface area contributed by atoms with Gasteiger partial charge >= 0.3 is 5.97 Å². The number of nitriles is 1. The number of nitrogens with zero attached hydrogens (tertiary/aromatic N) is 2. The molecule has 0 aromatic heterocycles. The minimum atomic E-state index is -3.83. The number of carbonyl (C=O) groups is 1. The van der Waals surface area contributed by atoms with E-state index in [1.165, 1.54) is 31.3 Å². The molecule has 6 nitrogen and oxygen atoms in total. The van der Waals surface area contributed by atoms with Crippen LogP contribution >= 0.6 is 0 Å². The van der Waals surface area contributed by atoms with E-state index in [0.717, 1.165) is 4.31 Å². The average Bonchev–Trinajstić information content (AvgIpc) is 2.55. The molecule has 0 aliphatic heterocycles. The fraction of sp³-hybridized carbons (Fsp3) is 0.125. The third-order valence-electron chi connectivity index (χ3n) is 3.02. The van der Waals surface area contributed by atoms with E-state index in [-0.39, 0.29) is 4.90 Å². The Morgan fingerprint density at radius 1 is 1.13 bits per heavy atom. The summed E-state index contributed by atoms with van der Waals surface area (Å²) in [5, 5.41) is 8.73. The third kappa shape index (κ3) is 4.16. The molecule has 2 aromatic carbocycles. The first-order valence-corrected chi connectivity index (χ1v) is 8.10. The summed E-state index contributed by atoms with van der Waals surface area (Å²) in [6.45, 7) is -0.419. The summed E-state index contributed by atoms with van der Waals surface area (Å²) in [5.74, 6) is -0.336.